The van der Waals surface area contributed by atoms with Crippen molar-refractivity contribution in [3.8, 4) is 0 Å². The Kier molecular flexibility index (Phi) is 4.98. The van der Waals surface area contributed by atoms with E-state index >= 15 is 0 Å². The zero-order chi connectivity index (χ0) is 15.4. The predicted molar refractivity (Wildman–Crippen MR) is 84.2 cm³/mol. The van der Waals surface area contributed by atoms with Gasteiger partial charge in [-0.3, -0.25) is 4.79 Å². The van der Waals surface area contributed by atoms with Crippen molar-refractivity contribution >= 4 is 17.7 Å². The normalized spacial score (nSPS) is 18.0. The molecule has 1 aliphatic rings. The van der Waals surface area contributed by atoms with Gasteiger partial charge in [-0.05, 0) is 26.2 Å². The third-order valence-corrected chi connectivity index (χ3v) is 4.09. The maximum absolute atomic E-state index is 11.8. The van der Waals surface area contributed by atoms with Crippen LogP contribution < -0.4 is 16.0 Å². The summed E-state index contributed by atoms with van der Waals surface area (Å²) in [4.78, 5) is 22.7. The van der Waals surface area contributed by atoms with E-state index in [1.165, 1.54) is 5.56 Å². The van der Waals surface area contributed by atoms with Crippen LogP contribution in [0.5, 0.6) is 0 Å². The van der Waals surface area contributed by atoms with Crippen LogP contribution in [0, 0.1) is 12.8 Å². The number of amides is 1. The van der Waals surface area contributed by atoms with Crippen molar-refractivity contribution in [1.29, 1.82) is 0 Å². The fourth-order valence-corrected chi connectivity index (χ4v) is 2.88. The molecule has 1 aliphatic heterocycles. The van der Waals surface area contributed by atoms with Gasteiger partial charge in [-0.15, -0.1) is 0 Å². The van der Waals surface area contributed by atoms with Crippen LogP contribution in [0.3, 0.4) is 0 Å². The van der Waals surface area contributed by atoms with Gasteiger partial charge in [-0.2, -0.15) is 4.98 Å². The summed E-state index contributed by atoms with van der Waals surface area (Å²) in [6.45, 7) is 5.70. The molecule has 2 rings (SSSR count). The van der Waals surface area contributed by atoms with Crippen molar-refractivity contribution in [2.75, 3.05) is 30.8 Å². The average Bonchev–Trinajstić information content (AvgIpc) is 2.94. The van der Waals surface area contributed by atoms with E-state index in [1.54, 1.807) is 7.05 Å². The molecule has 116 valence electrons. The van der Waals surface area contributed by atoms with Crippen molar-refractivity contribution in [3.05, 3.63) is 11.3 Å². The summed E-state index contributed by atoms with van der Waals surface area (Å²) in [7, 11) is 1.69. The number of nitrogens with two attached hydrogens (primary N) is 1. The van der Waals surface area contributed by atoms with Crippen LogP contribution in [-0.2, 0) is 11.2 Å². The summed E-state index contributed by atoms with van der Waals surface area (Å²) in [5.74, 6) is 1.36. The Hall–Kier alpha value is -1.85. The minimum atomic E-state index is 0.0329. The van der Waals surface area contributed by atoms with Gasteiger partial charge in [-0.25, -0.2) is 4.98 Å². The van der Waals surface area contributed by atoms with E-state index in [4.69, 9.17) is 5.73 Å². The van der Waals surface area contributed by atoms with Crippen LogP contribution in [0.15, 0.2) is 0 Å². The second-order valence-corrected chi connectivity index (χ2v) is 5.62. The van der Waals surface area contributed by atoms with Crippen molar-refractivity contribution in [1.82, 2.24) is 15.3 Å². The van der Waals surface area contributed by atoms with E-state index in [0.29, 0.717) is 12.5 Å². The standard InChI is InChI=1S/C15H25N5O/c1-4-5-6-12-10(2)18-15(16)19-13(12)20-8-7-11(9-20)14(21)17-3/h11H,4-9H2,1-3H3,(H,17,21)(H2,16,18,19)/t11-/m0/s1. The maximum Gasteiger partial charge on any atom is 0.224 e. The lowest BCUT2D eigenvalue weighted by atomic mass is 10.1. The summed E-state index contributed by atoms with van der Waals surface area (Å²) >= 11 is 0. The van der Waals surface area contributed by atoms with Gasteiger partial charge in [0.25, 0.3) is 0 Å². The number of nitrogens with zero attached hydrogens (tertiary/aromatic N) is 3. The molecule has 6 heteroatoms. The van der Waals surface area contributed by atoms with Gasteiger partial charge in [-0.1, -0.05) is 13.3 Å². The van der Waals surface area contributed by atoms with Gasteiger partial charge in [0, 0.05) is 31.4 Å². The molecule has 6 nitrogen and oxygen atoms in total. The van der Waals surface area contributed by atoms with Crippen LogP contribution in [0.1, 0.15) is 37.4 Å². The number of carbonyl (C=O) groups is 1. The predicted octanol–water partition coefficient (Wildman–Crippen LogP) is 1.28. The molecule has 0 bridgehead atoms. The fraction of sp³-hybridized carbons (Fsp3) is 0.667. The molecule has 1 aromatic rings. The highest BCUT2D eigenvalue weighted by molar-refractivity contribution is 5.79. The number of aryl methyl sites for hydroxylation is 1. The lowest BCUT2D eigenvalue weighted by molar-refractivity contribution is -0.123. The molecule has 1 atom stereocenters. The molecule has 1 aromatic heterocycles. The molecule has 0 spiro atoms. The quantitative estimate of drug-likeness (QED) is 0.854. The number of hydrogen-bond acceptors (Lipinski definition) is 5. The van der Waals surface area contributed by atoms with Crippen molar-refractivity contribution in [2.24, 2.45) is 5.92 Å². The molecule has 0 aromatic carbocycles. The van der Waals surface area contributed by atoms with Gasteiger partial charge in [0.15, 0.2) is 0 Å². The monoisotopic (exact) mass is 291 g/mol. The topological polar surface area (TPSA) is 84.1 Å². The second-order valence-electron chi connectivity index (χ2n) is 5.62. The molecule has 0 unspecified atom stereocenters. The van der Waals surface area contributed by atoms with Crippen LogP contribution in [0.2, 0.25) is 0 Å². The molecular weight excluding hydrogens is 266 g/mol. The van der Waals surface area contributed by atoms with E-state index in [0.717, 1.165) is 43.7 Å². The molecule has 0 radical (unpaired) electrons. The van der Waals surface area contributed by atoms with Crippen LogP contribution >= 0.6 is 0 Å². The second kappa shape index (κ2) is 6.74. The number of nitrogen functional groups attached to an aromatic ring is 1. The van der Waals surface area contributed by atoms with Gasteiger partial charge < -0.3 is 16.0 Å². The van der Waals surface area contributed by atoms with E-state index in [1.807, 2.05) is 6.92 Å². The number of hydrogen-bond donors (Lipinski definition) is 2. The highest BCUT2D eigenvalue weighted by atomic mass is 16.1. The number of rotatable bonds is 5. The highest BCUT2D eigenvalue weighted by Crippen LogP contribution is 2.28. The van der Waals surface area contributed by atoms with Crippen molar-refractivity contribution < 1.29 is 4.79 Å². The van der Waals surface area contributed by atoms with Crippen molar-refractivity contribution in [3.63, 3.8) is 0 Å². The minimum absolute atomic E-state index is 0.0329. The Morgan fingerprint density at radius 2 is 2.24 bits per heavy atom. The third kappa shape index (κ3) is 3.43. The Morgan fingerprint density at radius 3 is 2.90 bits per heavy atom. The summed E-state index contributed by atoms with van der Waals surface area (Å²) in [6, 6.07) is 0. The molecule has 21 heavy (non-hydrogen) atoms. The number of nitrogens with one attached hydrogen (secondary N) is 1. The molecule has 3 N–H and O–H groups in total. The summed E-state index contributed by atoms with van der Waals surface area (Å²) in [5.41, 5.74) is 7.94. The van der Waals surface area contributed by atoms with Crippen LogP contribution in [-0.4, -0.2) is 36.0 Å². The van der Waals surface area contributed by atoms with Gasteiger partial charge in [0.05, 0.1) is 5.92 Å². The Balaban J connectivity index is 2.24. The lowest BCUT2D eigenvalue weighted by Gasteiger charge is -2.22. The SMILES string of the molecule is CCCCc1c(C)nc(N)nc1N1CC[C@H](C(=O)NC)C1. The van der Waals surface area contributed by atoms with E-state index < -0.39 is 0 Å². The van der Waals surface area contributed by atoms with Crippen molar-refractivity contribution in [2.45, 2.75) is 39.5 Å². The number of unbranched alkanes of at least 4 members (excludes halogenated alkanes) is 1. The zero-order valence-electron chi connectivity index (χ0n) is 13.1. The first-order valence-electron chi connectivity index (χ1n) is 7.66. The number of aromatic nitrogens is 2. The summed E-state index contributed by atoms with van der Waals surface area (Å²) in [5, 5.41) is 2.73. The molecule has 2 heterocycles. The van der Waals surface area contributed by atoms with Crippen LogP contribution in [0.25, 0.3) is 0 Å². The Morgan fingerprint density at radius 1 is 1.48 bits per heavy atom. The number of anilines is 2. The van der Waals surface area contributed by atoms with E-state index in [2.05, 4.69) is 27.1 Å². The first-order valence-corrected chi connectivity index (χ1v) is 7.66. The fourth-order valence-electron chi connectivity index (χ4n) is 2.88. The molecule has 1 fully saturated rings. The first-order chi connectivity index (χ1) is 10.1. The third-order valence-electron chi connectivity index (χ3n) is 4.09. The van der Waals surface area contributed by atoms with Gasteiger partial charge >= 0.3 is 0 Å². The highest BCUT2D eigenvalue weighted by Gasteiger charge is 2.30. The Labute approximate surface area is 126 Å². The molecule has 1 amide bonds. The van der Waals surface area contributed by atoms with E-state index in [9.17, 15) is 4.79 Å². The zero-order valence-corrected chi connectivity index (χ0v) is 13.1. The minimum Gasteiger partial charge on any atom is -0.368 e. The summed E-state index contributed by atoms with van der Waals surface area (Å²) < 4.78 is 0. The average molecular weight is 291 g/mol. The van der Waals surface area contributed by atoms with Gasteiger partial charge in [0.2, 0.25) is 11.9 Å². The van der Waals surface area contributed by atoms with E-state index in [-0.39, 0.29) is 11.8 Å². The maximum atomic E-state index is 11.8. The molecule has 0 saturated carbocycles. The molecule has 0 aliphatic carbocycles. The summed E-state index contributed by atoms with van der Waals surface area (Å²) in [6.07, 6.45) is 4.05. The molecule has 1 saturated heterocycles. The smallest absolute Gasteiger partial charge is 0.224 e. The largest absolute Gasteiger partial charge is 0.368 e. The first kappa shape index (κ1) is 15.5. The number of carbonyl (C=O) groups excluding carboxylic acids is 1. The Bertz CT molecular complexity index is 517. The van der Waals surface area contributed by atoms with Gasteiger partial charge in [0.1, 0.15) is 5.82 Å². The lowest BCUT2D eigenvalue weighted by Crippen LogP contribution is -2.31. The van der Waals surface area contributed by atoms with Crippen LogP contribution in [0.4, 0.5) is 11.8 Å². The molecular formula is C15H25N5O.